The molecule has 0 aliphatic carbocycles. The second-order valence-electron chi connectivity index (χ2n) is 6.80. The minimum atomic E-state index is -1.57. The number of primary amides is 1. The highest BCUT2D eigenvalue weighted by Crippen LogP contribution is 2.01. The van der Waals surface area contributed by atoms with Crippen LogP contribution in [0.1, 0.15) is 34.1 Å². The summed E-state index contributed by atoms with van der Waals surface area (Å²) < 4.78 is 0. The van der Waals surface area contributed by atoms with Gasteiger partial charge < -0.3 is 37.6 Å². The quantitative estimate of drug-likeness (QED) is 0.186. The third-order valence-electron chi connectivity index (χ3n) is 3.86. The van der Waals surface area contributed by atoms with Crippen molar-refractivity contribution < 1.29 is 34.2 Å². The monoisotopic (exact) mass is 403 g/mol. The van der Waals surface area contributed by atoms with Gasteiger partial charge in [-0.25, -0.2) is 4.79 Å². The van der Waals surface area contributed by atoms with Crippen molar-refractivity contribution in [3.8, 4) is 0 Å². The van der Waals surface area contributed by atoms with Crippen molar-refractivity contribution >= 4 is 29.6 Å². The molecule has 28 heavy (non-hydrogen) atoms. The molecule has 160 valence electrons. The van der Waals surface area contributed by atoms with Gasteiger partial charge in [0.1, 0.15) is 12.1 Å². The molecule has 0 aromatic heterocycles. The molecule has 0 aliphatic heterocycles. The van der Waals surface area contributed by atoms with E-state index < -0.39 is 66.3 Å². The Bertz CT molecular complexity index is 608. The molecule has 0 radical (unpaired) electrons. The fourth-order valence-electron chi connectivity index (χ4n) is 2.03. The number of amides is 4. The van der Waals surface area contributed by atoms with Crippen LogP contribution in [0.3, 0.4) is 0 Å². The van der Waals surface area contributed by atoms with Crippen LogP contribution >= 0.6 is 0 Å². The molecule has 12 heteroatoms. The van der Waals surface area contributed by atoms with Crippen molar-refractivity contribution in [1.82, 2.24) is 16.0 Å². The van der Waals surface area contributed by atoms with E-state index >= 15 is 0 Å². The largest absolute Gasteiger partial charge is 0.480 e. The zero-order valence-corrected chi connectivity index (χ0v) is 16.3. The molecule has 0 aromatic carbocycles. The van der Waals surface area contributed by atoms with Crippen LogP contribution in [0.2, 0.25) is 0 Å². The molecule has 12 nitrogen and oxygen atoms in total. The number of aliphatic hydroxyl groups excluding tert-OH is 1. The molecule has 0 spiro atoms. The first-order valence-electron chi connectivity index (χ1n) is 8.63. The summed E-state index contributed by atoms with van der Waals surface area (Å²) in [4.78, 5) is 58.7. The Morgan fingerprint density at radius 1 is 0.893 bits per heavy atom. The van der Waals surface area contributed by atoms with Crippen LogP contribution in [0, 0.1) is 5.92 Å². The Balaban J connectivity index is 5.09. The summed E-state index contributed by atoms with van der Waals surface area (Å²) in [6.07, 6.45) is -1.90. The van der Waals surface area contributed by atoms with E-state index in [1.54, 1.807) is 13.8 Å². The highest BCUT2D eigenvalue weighted by atomic mass is 16.4. The van der Waals surface area contributed by atoms with Gasteiger partial charge in [0.25, 0.3) is 0 Å². The van der Waals surface area contributed by atoms with Crippen LogP contribution in [0.15, 0.2) is 0 Å². The Morgan fingerprint density at radius 3 is 1.82 bits per heavy atom. The normalized spacial score (nSPS) is 16.2. The number of carboxylic acids is 1. The third-order valence-corrected chi connectivity index (χ3v) is 3.86. The van der Waals surface area contributed by atoms with Crippen LogP contribution < -0.4 is 27.4 Å². The van der Waals surface area contributed by atoms with Gasteiger partial charge in [0.05, 0.1) is 18.6 Å². The van der Waals surface area contributed by atoms with Crippen molar-refractivity contribution in [3.63, 3.8) is 0 Å². The summed E-state index contributed by atoms with van der Waals surface area (Å²) in [6, 6.07) is -5.08. The molecule has 0 aromatic rings. The number of carbonyl (C=O) groups excluding carboxylic acids is 4. The first-order chi connectivity index (χ1) is 12.8. The van der Waals surface area contributed by atoms with Gasteiger partial charge in [-0.2, -0.15) is 0 Å². The van der Waals surface area contributed by atoms with Crippen molar-refractivity contribution in [3.05, 3.63) is 0 Å². The molecular weight excluding hydrogens is 374 g/mol. The van der Waals surface area contributed by atoms with Gasteiger partial charge >= 0.3 is 5.97 Å². The molecule has 0 saturated carbocycles. The Morgan fingerprint density at radius 2 is 1.43 bits per heavy atom. The van der Waals surface area contributed by atoms with Crippen molar-refractivity contribution in [2.75, 3.05) is 0 Å². The lowest BCUT2D eigenvalue weighted by atomic mass is 10.0. The van der Waals surface area contributed by atoms with Crippen LogP contribution in [0.25, 0.3) is 0 Å². The average Bonchev–Trinajstić information content (AvgIpc) is 2.56. The lowest BCUT2D eigenvalue weighted by Crippen LogP contribution is -2.58. The van der Waals surface area contributed by atoms with E-state index in [9.17, 15) is 29.1 Å². The van der Waals surface area contributed by atoms with Crippen LogP contribution in [0.4, 0.5) is 0 Å². The third kappa shape index (κ3) is 8.31. The number of hydrogen-bond acceptors (Lipinski definition) is 7. The van der Waals surface area contributed by atoms with Gasteiger partial charge in [0.2, 0.25) is 23.6 Å². The van der Waals surface area contributed by atoms with Gasteiger partial charge in [-0.15, -0.1) is 0 Å². The minimum absolute atomic E-state index is 0.226. The maximum Gasteiger partial charge on any atom is 0.328 e. The van der Waals surface area contributed by atoms with Crippen molar-refractivity contribution in [2.24, 2.45) is 17.4 Å². The molecule has 9 N–H and O–H groups in total. The molecule has 0 bridgehead atoms. The molecule has 0 rings (SSSR count). The molecule has 0 fully saturated rings. The van der Waals surface area contributed by atoms with Gasteiger partial charge in [0, 0.05) is 0 Å². The predicted molar refractivity (Wildman–Crippen MR) is 97.4 cm³/mol. The number of nitrogens with one attached hydrogen (secondary N) is 3. The second-order valence-corrected chi connectivity index (χ2v) is 6.80. The summed E-state index contributed by atoms with van der Waals surface area (Å²) in [5.41, 5.74) is 10.8. The standard InChI is InChI=1S/C16H29N5O7/c1-6(2)11(18)15(26)20-9(5-10(17)23)14(25)19-7(3)13(24)21-12(8(4)22)16(27)28/h6-9,11-12,22H,5,18H2,1-4H3,(H2,17,23)(H,19,25)(H,20,26)(H,21,24)(H,27,28). The van der Waals surface area contributed by atoms with Crippen molar-refractivity contribution in [2.45, 2.75) is 64.4 Å². The van der Waals surface area contributed by atoms with Crippen molar-refractivity contribution in [1.29, 1.82) is 0 Å². The lowest BCUT2D eigenvalue weighted by molar-refractivity contribution is -0.145. The van der Waals surface area contributed by atoms with E-state index in [4.69, 9.17) is 16.6 Å². The van der Waals surface area contributed by atoms with E-state index in [2.05, 4.69) is 16.0 Å². The van der Waals surface area contributed by atoms with Crippen LogP contribution in [0.5, 0.6) is 0 Å². The molecule has 5 atom stereocenters. The maximum atomic E-state index is 12.4. The molecule has 0 saturated heterocycles. The summed E-state index contributed by atoms with van der Waals surface area (Å²) in [7, 11) is 0. The zero-order chi connectivity index (χ0) is 22.2. The number of nitrogens with two attached hydrogens (primary N) is 2. The number of carboxylic acid groups (broad SMARTS) is 1. The predicted octanol–water partition coefficient (Wildman–Crippen LogP) is -3.22. The van der Waals surface area contributed by atoms with E-state index in [0.717, 1.165) is 0 Å². The Kier molecular flexibility index (Phi) is 10.1. The smallest absolute Gasteiger partial charge is 0.328 e. The van der Waals surface area contributed by atoms with E-state index in [1.165, 1.54) is 13.8 Å². The molecule has 5 unspecified atom stereocenters. The zero-order valence-electron chi connectivity index (χ0n) is 16.3. The second kappa shape index (κ2) is 11.2. The van der Waals surface area contributed by atoms with E-state index in [1.807, 2.05) is 0 Å². The average molecular weight is 403 g/mol. The Hall–Kier alpha value is -2.73. The fraction of sp³-hybridized carbons (Fsp3) is 0.688. The molecule has 4 amide bonds. The highest BCUT2D eigenvalue weighted by Gasteiger charge is 2.31. The number of rotatable bonds is 11. The number of carbonyl (C=O) groups is 5. The van der Waals surface area contributed by atoms with Gasteiger partial charge in [-0.05, 0) is 19.8 Å². The van der Waals surface area contributed by atoms with Gasteiger partial charge in [0.15, 0.2) is 6.04 Å². The van der Waals surface area contributed by atoms with Gasteiger partial charge in [-0.1, -0.05) is 13.8 Å². The summed E-state index contributed by atoms with van der Waals surface area (Å²) in [5, 5.41) is 25.0. The SMILES string of the molecule is CC(NC(=O)C(CC(N)=O)NC(=O)C(N)C(C)C)C(=O)NC(C(=O)O)C(C)O. The summed E-state index contributed by atoms with van der Waals surface area (Å²) in [5.74, 6) is -4.98. The topological polar surface area (TPSA) is 214 Å². The number of hydrogen-bond donors (Lipinski definition) is 7. The van der Waals surface area contributed by atoms with E-state index in [-0.39, 0.29) is 5.92 Å². The number of aliphatic carboxylic acids is 1. The molecule has 0 aliphatic rings. The molecule has 0 heterocycles. The molecular formula is C16H29N5O7. The first-order valence-corrected chi connectivity index (χ1v) is 8.63. The highest BCUT2D eigenvalue weighted by molar-refractivity contribution is 5.96. The van der Waals surface area contributed by atoms with Crippen LogP contribution in [-0.4, -0.2) is 70.1 Å². The Labute approximate surface area is 162 Å². The lowest BCUT2D eigenvalue weighted by Gasteiger charge is -2.24. The first kappa shape index (κ1) is 25.3. The summed E-state index contributed by atoms with van der Waals surface area (Å²) >= 11 is 0. The summed E-state index contributed by atoms with van der Waals surface area (Å²) in [6.45, 7) is 5.83. The fourth-order valence-corrected chi connectivity index (χ4v) is 2.03. The van der Waals surface area contributed by atoms with E-state index in [0.29, 0.717) is 0 Å². The van der Waals surface area contributed by atoms with Gasteiger partial charge in [-0.3, -0.25) is 19.2 Å². The number of aliphatic hydroxyl groups is 1. The minimum Gasteiger partial charge on any atom is -0.480 e. The van der Waals surface area contributed by atoms with Crippen LogP contribution in [-0.2, 0) is 24.0 Å². The maximum absolute atomic E-state index is 12.4.